The van der Waals surface area contributed by atoms with Crippen molar-refractivity contribution in [3.8, 4) is 11.3 Å². The van der Waals surface area contributed by atoms with E-state index in [1.165, 1.54) is 16.8 Å². The van der Waals surface area contributed by atoms with Crippen LogP contribution in [0, 0.1) is 0 Å². The van der Waals surface area contributed by atoms with Gasteiger partial charge in [0.15, 0.2) is 4.96 Å². The van der Waals surface area contributed by atoms with Crippen LogP contribution >= 0.6 is 11.3 Å². The van der Waals surface area contributed by atoms with E-state index in [1.807, 2.05) is 6.20 Å². The lowest BCUT2D eigenvalue weighted by atomic mass is 9.86. The molecule has 0 aliphatic rings. The number of nitrogens with two attached hydrogens (primary N) is 1. The molecule has 104 valence electrons. The predicted molar refractivity (Wildman–Crippen MR) is 85.1 cm³/mol. The second-order valence-electron chi connectivity index (χ2n) is 6.02. The lowest BCUT2D eigenvalue weighted by Crippen LogP contribution is -2.10. The largest absolute Gasteiger partial charge is 0.325 e. The van der Waals surface area contributed by atoms with Crippen molar-refractivity contribution in [2.45, 2.75) is 32.7 Å². The fourth-order valence-electron chi connectivity index (χ4n) is 2.35. The van der Waals surface area contributed by atoms with Crippen LogP contribution in [0.2, 0.25) is 0 Å². The molecular formula is C16H19N3S. The van der Waals surface area contributed by atoms with E-state index < -0.39 is 0 Å². The summed E-state index contributed by atoms with van der Waals surface area (Å²) >= 11 is 1.65. The van der Waals surface area contributed by atoms with Gasteiger partial charge in [0.1, 0.15) is 0 Å². The number of aromatic nitrogens is 2. The van der Waals surface area contributed by atoms with Gasteiger partial charge in [-0.25, -0.2) is 4.98 Å². The molecule has 0 spiro atoms. The van der Waals surface area contributed by atoms with Crippen LogP contribution in [0.3, 0.4) is 0 Å². The molecule has 0 radical (unpaired) electrons. The summed E-state index contributed by atoms with van der Waals surface area (Å²) < 4.78 is 2.15. The monoisotopic (exact) mass is 285 g/mol. The molecule has 0 aliphatic heterocycles. The van der Waals surface area contributed by atoms with Gasteiger partial charge in [0, 0.05) is 11.9 Å². The highest BCUT2D eigenvalue weighted by Gasteiger charge is 2.15. The molecule has 0 unspecified atom stereocenters. The van der Waals surface area contributed by atoms with Gasteiger partial charge in [-0.05, 0) is 16.5 Å². The summed E-state index contributed by atoms with van der Waals surface area (Å²) in [6, 6.07) is 8.78. The molecule has 3 aromatic rings. The van der Waals surface area contributed by atoms with Crippen LogP contribution < -0.4 is 5.73 Å². The number of fused-ring (bicyclic) bond motifs is 1. The maximum atomic E-state index is 5.79. The number of thiazole rings is 1. The number of nitrogens with zero attached hydrogens (tertiary/aromatic N) is 2. The van der Waals surface area contributed by atoms with Gasteiger partial charge in [-0.2, -0.15) is 0 Å². The highest BCUT2D eigenvalue weighted by Crippen LogP contribution is 2.29. The van der Waals surface area contributed by atoms with Crippen LogP contribution in [0.15, 0.2) is 35.8 Å². The highest BCUT2D eigenvalue weighted by molar-refractivity contribution is 7.15. The van der Waals surface area contributed by atoms with E-state index in [4.69, 9.17) is 5.73 Å². The topological polar surface area (TPSA) is 43.3 Å². The molecule has 0 aliphatic carbocycles. The lowest BCUT2D eigenvalue weighted by molar-refractivity contribution is 0.590. The molecule has 0 bridgehead atoms. The zero-order valence-electron chi connectivity index (χ0n) is 12.1. The van der Waals surface area contributed by atoms with Gasteiger partial charge in [-0.1, -0.05) is 45.0 Å². The first kappa shape index (κ1) is 13.3. The summed E-state index contributed by atoms with van der Waals surface area (Å²) in [5.74, 6) is 0. The van der Waals surface area contributed by atoms with Crippen LogP contribution in [0.4, 0.5) is 0 Å². The van der Waals surface area contributed by atoms with Crippen molar-refractivity contribution in [1.82, 2.24) is 9.38 Å². The molecule has 0 atom stereocenters. The minimum atomic E-state index is 0.180. The van der Waals surface area contributed by atoms with Crippen molar-refractivity contribution in [2.75, 3.05) is 0 Å². The van der Waals surface area contributed by atoms with E-state index in [2.05, 4.69) is 59.8 Å². The Hall–Kier alpha value is -1.65. The van der Waals surface area contributed by atoms with Crippen molar-refractivity contribution in [3.05, 3.63) is 47.1 Å². The van der Waals surface area contributed by atoms with Crippen LogP contribution in [-0.2, 0) is 12.0 Å². The van der Waals surface area contributed by atoms with Gasteiger partial charge in [-0.3, -0.25) is 4.40 Å². The van der Waals surface area contributed by atoms with Crippen molar-refractivity contribution in [1.29, 1.82) is 0 Å². The molecule has 1 aromatic carbocycles. The smallest absolute Gasteiger partial charge is 0.194 e. The second-order valence-corrected chi connectivity index (χ2v) is 6.86. The van der Waals surface area contributed by atoms with Crippen LogP contribution in [0.5, 0.6) is 0 Å². The fraction of sp³-hybridized carbons (Fsp3) is 0.312. The summed E-state index contributed by atoms with van der Waals surface area (Å²) in [6.07, 6.45) is 1.86. The number of rotatable bonds is 2. The minimum absolute atomic E-state index is 0.180. The second kappa shape index (κ2) is 4.72. The van der Waals surface area contributed by atoms with E-state index in [1.54, 1.807) is 11.3 Å². The molecule has 0 fully saturated rings. The first-order valence-electron chi connectivity index (χ1n) is 6.75. The average Bonchev–Trinajstić information content (AvgIpc) is 2.98. The van der Waals surface area contributed by atoms with Gasteiger partial charge >= 0.3 is 0 Å². The van der Waals surface area contributed by atoms with E-state index in [-0.39, 0.29) is 5.41 Å². The first-order chi connectivity index (χ1) is 9.50. The molecule has 4 heteroatoms. The Kier molecular flexibility index (Phi) is 3.15. The third-order valence-corrected chi connectivity index (χ3v) is 4.42. The zero-order chi connectivity index (χ0) is 14.3. The molecular weight excluding hydrogens is 266 g/mol. The van der Waals surface area contributed by atoms with E-state index in [0.717, 1.165) is 10.7 Å². The number of hydrogen-bond acceptors (Lipinski definition) is 3. The van der Waals surface area contributed by atoms with Crippen molar-refractivity contribution in [3.63, 3.8) is 0 Å². The van der Waals surface area contributed by atoms with Gasteiger partial charge in [0.2, 0.25) is 0 Å². The number of hydrogen-bond donors (Lipinski definition) is 1. The Morgan fingerprint density at radius 1 is 1.20 bits per heavy atom. The Morgan fingerprint density at radius 3 is 2.50 bits per heavy atom. The SMILES string of the molecule is CC(C)(C)c1ccc(-c2csc3ncc(CN)n23)cc1. The van der Waals surface area contributed by atoms with Crippen LogP contribution in [0.25, 0.3) is 16.2 Å². The Balaban J connectivity index is 2.09. The average molecular weight is 285 g/mol. The van der Waals surface area contributed by atoms with E-state index in [9.17, 15) is 0 Å². The molecule has 2 aromatic heterocycles. The first-order valence-corrected chi connectivity index (χ1v) is 7.63. The summed E-state index contributed by atoms with van der Waals surface area (Å²) in [7, 11) is 0. The maximum absolute atomic E-state index is 5.79. The minimum Gasteiger partial charge on any atom is -0.325 e. The quantitative estimate of drug-likeness (QED) is 0.778. The summed E-state index contributed by atoms with van der Waals surface area (Å²) in [4.78, 5) is 5.39. The third kappa shape index (κ3) is 2.15. The molecule has 3 rings (SSSR count). The third-order valence-electron chi connectivity index (χ3n) is 3.58. The van der Waals surface area contributed by atoms with Gasteiger partial charge in [0.05, 0.1) is 17.6 Å². The Bertz CT molecular complexity index is 729. The molecule has 2 heterocycles. The molecule has 0 saturated carbocycles. The van der Waals surface area contributed by atoms with Gasteiger partial charge in [0.25, 0.3) is 0 Å². The normalized spacial score (nSPS) is 12.2. The standard InChI is InChI=1S/C16H19N3S/c1-16(2,3)12-6-4-11(5-7-12)14-10-20-15-18-9-13(8-17)19(14)15/h4-7,9-10H,8,17H2,1-3H3. The summed E-state index contributed by atoms with van der Waals surface area (Å²) in [5.41, 5.74) is 10.7. The number of imidazole rings is 1. The zero-order valence-corrected chi connectivity index (χ0v) is 12.9. The summed E-state index contributed by atoms with van der Waals surface area (Å²) in [6.45, 7) is 7.19. The molecule has 3 nitrogen and oxygen atoms in total. The molecule has 0 amide bonds. The predicted octanol–water partition coefficient (Wildman–Crippen LogP) is 3.82. The Morgan fingerprint density at radius 2 is 1.90 bits per heavy atom. The van der Waals surface area contributed by atoms with Crippen molar-refractivity contribution in [2.24, 2.45) is 5.73 Å². The molecule has 2 N–H and O–H groups in total. The summed E-state index contributed by atoms with van der Waals surface area (Å²) in [5, 5.41) is 2.15. The van der Waals surface area contributed by atoms with Crippen molar-refractivity contribution >= 4 is 16.3 Å². The molecule has 20 heavy (non-hydrogen) atoms. The maximum Gasteiger partial charge on any atom is 0.194 e. The number of benzene rings is 1. The van der Waals surface area contributed by atoms with Gasteiger partial charge < -0.3 is 5.73 Å². The van der Waals surface area contributed by atoms with Crippen molar-refractivity contribution < 1.29 is 0 Å². The highest BCUT2D eigenvalue weighted by atomic mass is 32.1. The Labute approximate surface area is 123 Å². The van der Waals surface area contributed by atoms with Crippen LogP contribution in [-0.4, -0.2) is 9.38 Å². The van der Waals surface area contributed by atoms with Crippen LogP contribution in [0.1, 0.15) is 32.0 Å². The molecule has 0 saturated heterocycles. The fourth-order valence-corrected chi connectivity index (χ4v) is 3.25. The van der Waals surface area contributed by atoms with E-state index in [0.29, 0.717) is 6.54 Å². The van der Waals surface area contributed by atoms with E-state index >= 15 is 0 Å². The lowest BCUT2D eigenvalue weighted by Gasteiger charge is -2.19. The van der Waals surface area contributed by atoms with Gasteiger partial charge in [-0.15, -0.1) is 11.3 Å².